The summed E-state index contributed by atoms with van der Waals surface area (Å²) in [5, 5.41) is 20.7. The summed E-state index contributed by atoms with van der Waals surface area (Å²) < 4.78 is 4.33. The second kappa shape index (κ2) is 7.23. The minimum absolute atomic E-state index is 0.0278. The summed E-state index contributed by atoms with van der Waals surface area (Å²) in [4.78, 5) is 33.7. The molecule has 0 radical (unpaired) electrons. The van der Waals surface area contributed by atoms with Crippen molar-refractivity contribution in [1.82, 2.24) is 5.32 Å². The quantitative estimate of drug-likeness (QED) is 0.571. The van der Waals surface area contributed by atoms with E-state index in [2.05, 4.69) is 10.1 Å². The first-order chi connectivity index (χ1) is 9.38. The van der Waals surface area contributed by atoms with Crippen LogP contribution < -0.4 is 5.32 Å². The molecule has 1 aliphatic carbocycles. The number of aliphatic hydroxyl groups is 1. The monoisotopic (exact) mass is 287 g/mol. The van der Waals surface area contributed by atoms with E-state index in [1.54, 1.807) is 0 Å². The Morgan fingerprint density at radius 1 is 1.25 bits per heavy atom. The summed E-state index contributed by atoms with van der Waals surface area (Å²) in [5.41, 5.74) is -0.494. The molecule has 114 valence electrons. The Kier molecular flexibility index (Phi) is 5.94. The fraction of sp³-hybridized carbons (Fsp3) is 0.769. The molecular weight excluding hydrogens is 266 g/mol. The summed E-state index contributed by atoms with van der Waals surface area (Å²) in [6, 6.07) is 0. The van der Waals surface area contributed by atoms with E-state index in [1.807, 2.05) is 0 Å². The first-order valence-electron chi connectivity index (χ1n) is 6.63. The normalized spacial score (nSPS) is 18.3. The van der Waals surface area contributed by atoms with Crippen LogP contribution in [-0.4, -0.2) is 47.8 Å². The lowest BCUT2D eigenvalue weighted by atomic mass is 9.79. The third-order valence-corrected chi connectivity index (χ3v) is 3.69. The molecule has 0 aromatic heterocycles. The molecule has 7 heteroatoms. The second-order valence-electron chi connectivity index (χ2n) is 5.30. The number of nitrogens with one attached hydrogen (secondary N) is 1. The van der Waals surface area contributed by atoms with Crippen LogP contribution >= 0.6 is 0 Å². The maximum Gasteiger partial charge on any atom is 0.336 e. The van der Waals surface area contributed by atoms with E-state index in [4.69, 9.17) is 5.11 Å². The number of carbonyl (C=O) groups is 3. The fourth-order valence-corrected chi connectivity index (χ4v) is 2.69. The Labute approximate surface area is 117 Å². The van der Waals surface area contributed by atoms with Crippen molar-refractivity contribution < 1.29 is 29.3 Å². The number of hydrogen-bond donors (Lipinski definition) is 3. The number of carboxylic acids is 1. The van der Waals surface area contributed by atoms with Gasteiger partial charge in [-0.1, -0.05) is 12.8 Å². The number of aliphatic carboxylic acids is 1. The molecule has 7 nitrogen and oxygen atoms in total. The zero-order valence-corrected chi connectivity index (χ0v) is 11.6. The molecule has 0 aromatic carbocycles. The molecule has 1 fully saturated rings. The van der Waals surface area contributed by atoms with Crippen LogP contribution in [0.15, 0.2) is 0 Å². The molecule has 0 heterocycles. The molecule has 1 atom stereocenters. The minimum Gasteiger partial charge on any atom is -0.481 e. The molecule has 3 N–H and O–H groups in total. The lowest BCUT2D eigenvalue weighted by Crippen LogP contribution is -2.39. The van der Waals surface area contributed by atoms with Crippen LogP contribution in [0, 0.1) is 5.41 Å². The van der Waals surface area contributed by atoms with Crippen LogP contribution in [0.5, 0.6) is 0 Å². The SMILES string of the molecule is COC(=O)C(O)CNC(=O)CC1(CC(=O)O)CCCC1. The van der Waals surface area contributed by atoms with Gasteiger partial charge in [-0.3, -0.25) is 9.59 Å². The third kappa shape index (κ3) is 4.80. The molecule has 0 aromatic rings. The third-order valence-electron chi connectivity index (χ3n) is 3.69. The highest BCUT2D eigenvalue weighted by Crippen LogP contribution is 2.43. The summed E-state index contributed by atoms with van der Waals surface area (Å²) in [6.45, 7) is -0.228. The van der Waals surface area contributed by atoms with E-state index in [0.29, 0.717) is 12.8 Å². The van der Waals surface area contributed by atoms with Crippen LogP contribution in [0.2, 0.25) is 0 Å². The first kappa shape index (κ1) is 16.4. The fourth-order valence-electron chi connectivity index (χ4n) is 2.69. The van der Waals surface area contributed by atoms with Gasteiger partial charge >= 0.3 is 11.9 Å². The number of methoxy groups -OCH3 is 1. The van der Waals surface area contributed by atoms with E-state index in [1.165, 1.54) is 0 Å². The molecule has 1 rings (SSSR count). The largest absolute Gasteiger partial charge is 0.481 e. The number of amides is 1. The summed E-state index contributed by atoms with van der Waals surface area (Å²) in [5.74, 6) is -2.07. The van der Waals surface area contributed by atoms with Gasteiger partial charge in [0.2, 0.25) is 5.91 Å². The van der Waals surface area contributed by atoms with E-state index in [9.17, 15) is 19.5 Å². The lowest BCUT2D eigenvalue weighted by Gasteiger charge is -2.26. The Bertz CT molecular complexity index is 375. The maximum absolute atomic E-state index is 11.8. The number of hydrogen-bond acceptors (Lipinski definition) is 5. The van der Waals surface area contributed by atoms with Gasteiger partial charge in [-0.05, 0) is 18.3 Å². The Hall–Kier alpha value is -1.63. The molecule has 20 heavy (non-hydrogen) atoms. The number of carbonyl (C=O) groups excluding carboxylic acids is 2. The number of ether oxygens (including phenoxy) is 1. The second-order valence-corrected chi connectivity index (χ2v) is 5.30. The van der Waals surface area contributed by atoms with Gasteiger partial charge in [0.25, 0.3) is 0 Å². The molecule has 0 saturated heterocycles. The van der Waals surface area contributed by atoms with Crippen LogP contribution in [0.4, 0.5) is 0 Å². The molecule has 1 amide bonds. The molecule has 0 spiro atoms. The first-order valence-corrected chi connectivity index (χ1v) is 6.63. The van der Waals surface area contributed by atoms with Crippen LogP contribution in [-0.2, 0) is 19.1 Å². The number of rotatable bonds is 7. The number of carboxylic acid groups (broad SMARTS) is 1. The predicted molar refractivity (Wildman–Crippen MR) is 68.8 cm³/mol. The highest BCUT2D eigenvalue weighted by molar-refractivity contribution is 5.80. The molecule has 0 bridgehead atoms. The average molecular weight is 287 g/mol. The van der Waals surface area contributed by atoms with Gasteiger partial charge in [0.15, 0.2) is 6.10 Å². The molecule has 1 unspecified atom stereocenters. The van der Waals surface area contributed by atoms with E-state index >= 15 is 0 Å². The van der Waals surface area contributed by atoms with E-state index in [0.717, 1.165) is 20.0 Å². The van der Waals surface area contributed by atoms with Crippen molar-refractivity contribution >= 4 is 17.8 Å². The van der Waals surface area contributed by atoms with Crippen molar-refractivity contribution in [1.29, 1.82) is 0 Å². The van der Waals surface area contributed by atoms with Crippen molar-refractivity contribution in [3.8, 4) is 0 Å². The van der Waals surface area contributed by atoms with Gasteiger partial charge in [0.1, 0.15) is 0 Å². The summed E-state index contributed by atoms with van der Waals surface area (Å²) >= 11 is 0. The number of aliphatic hydroxyl groups excluding tert-OH is 1. The van der Waals surface area contributed by atoms with Crippen molar-refractivity contribution in [2.75, 3.05) is 13.7 Å². The topological polar surface area (TPSA) is 113 Å². The molecule has 0 aliphatic heterocycles. The van der Waals surface area contributed by atoms with Gasteiger partial charge < -0.3 is 20.3 Å². The van der Waals surface area contributed by atoms with Crippen LogP contribution in [0.25, 0.3) is 0 Å². The Morgan fingerprint density at radius 3 is 2.35 bits per heavy atom. The zero-order chi connectivity index (χ0) is 15.2. The molecule has 1 saturated carbocycles. The zero-order valence-electron chi connectivity index (χ0n) is 11.6. The van der Waals surface area contributed by atoms with Gasteiger partial charge in [0.05, 0.1) is 20.1 Å². The predicted octanol–water partition coefficient (Wildman–Crippen LogP) is 0.0617. The van der Waals surface area contributed by atoms with Gasteiger partial charge in [0, 0.05) is 6.42 Å². The number of esters is 1. The van der Waals surface area contributed by atoms with Crippen LogP contribution in [0.3, 0.4) is 0 Å². The van der Waals surface area contributed by atoms with Crippen molar-refractivity contribution in [3.05, 3.63) is 0 Å². The average Bonchev–Trinajstić information content (AvgIpc) is 2.82. The summed E-state index contributed by atoms with van der Waals surface area (Å²) in [6.07, 6.45) is 1.95. The minimum atomic E-state index is -1.40. The molecule has 1 aliphatic rings. The summed E-state index contributed by atoms with van der Waals surface area (Å²) in [7, 11) is 1.15. The van der Waals surface area contributed by atoms with E-state index < -0.39 is 23.5 Å². The van der Waals surface area contributed by atoms with Crippen molar-refractivity contribution in [2.24, 2.45) is 5.41 Å². The van der Waals surface area contributed by atoms with Gasteiger partial charge in [-0.15, -0.1) is 0 Å². The van der Waals surface area contributed by atoms with Crippen molar-refractivity contribution in [3.63, 3.8) is 0 Å². The highest BCUT2D eigenvalue weighted by atomic mass is 16.5. The Morgan fingerprint density at radius 2 is 1.85 bits per heavy atom. The van der Waals surface area contributed by atoms with E-state index in [-0.39, 0.29) is 25.3 Å². The lowest BCUT2D eigenvalue weighted by molar-refractivity contribution is -0.150. The Balaban J connectivity index is 2.47. The van der Waals surface area contributed by atoms with Crippen molar-refractivity contribution in [2.45, 2.75) is 44.6 Å². The van der Waals surface area contributed by atoms with Crippen LogP contribution in [0.1, 0.15) is 38.5 Å². The van der Waals surface area contributed by atoms with Gasteiger partial charge in [-0.2, -0.15) is 0 Å². The maximum atomic E-state index is 11.8. The molecular formula is C13H21NO6. The highest BCUT2D eigenvalue weighted by Gasteiger charge is 2.38. The van der Waals surface area contributed by atoms with Gasteiger partial charge in [-0.25, -0.2) is 4.79 Å². The standard InChI is InChI=1S/C13H21NO6/c1-20-12(19)9(15)8-14-10(16)6-13(7-11(17)18)4-2-3-5-13/h9,15H,2-8H2,1H3,(H,14,16)(H,17,18). The smallest absolute Gasteiger partial charge is 0.336 e.